The molecule has 0 aliphatic carbocycles. The van der Waals surface area contributed by atoms with Gasteiger partial charge in [-0.25, -0.2) is 4.79 Å². The van der Waals surface area contributed by atoms with Crippen molar-refractivity contribution in [3.8, 4) is 5.75 Å². The molecular weight excluding hydrogens is 326 g/mol. The maximum atomic E-state index is 11.4. The third kappa shape index (κ3) is 4.38. The fraction of sp³-hybridized carbons (Fsp3) is 0.500. The van der Waals surface area contributed by atoms with Crippen molar-refractivity contribution in [3.05, 3.63) is 22.7 Å². The van der Waals surface area contributed by atoms with Gasteiger partial charge in [0, 0.05) is 17.8 Å². The molecule has 112 valence electrons. The average molecular weight is 346 g/mol. The van der Waals surface area contributed by atoms with E-state index in [9.17, 15) is 9.90 Å². The van der Waals surface area contributed by atoms with Gasteiger partial charge in [-0.05, 0) is 61.8 Å². The van der Waals surface area contributed by atoms with Gasteiger partial charge >= 0.3 is 6.09 Å². The topological polar surface area (TPSA) is 59.0 Å². The summed E-state index contributed by atoms with van der Waals surface area (Å²) < 4.78 is 11.2. The number of nitrogens with zero attached hydrogens (tertiary/aromatic N) is 1. The molecule has 5 nitrogen and oxygen atoms in total. The summed E-state index contributed by atoms with van der Waals surface area (Å²) in [6, 6.07) is 5.16. The summed E-state index contributed by atoms with van der Waals surface area (Å²) in [6.45, 7) is 8.15. The minimum Gasteiger partial charge on any atom is -0.466 e. The number of rotatable bonds is 5. The van der Waals surface area contributed by atoms with Crippen LogP contribution in [0.5, 0.6) is 5.75 Å². The third-order valence-electron chi connectivity index (χ3n) is 2.54. The molecule has 1 rings (SSSR count). The minimum absolute atomic E-state index is 0.163. The van der Waals surface area contributed by atoms with E-state index in [-0.39, 0.29) is 6.79 Å². The molecule has 0 bridgehead atoms. The summed E-state index contributed by atoms with van der Waals surface area (Å²) in [5, 5.41) is 9.36. The number of carboxylic acid groups (broad SMARTS) is 1. The number of hydrogen-bond donors (Lipinski definition) is 1. The molecule has 0 aliphatic heterocycles. The quantitative estimate of drug-likeness (QED) is 0.644. The van der Waals surface area contributed by atoms with Crippen molar-refractivity contribution in [1.29, 1.82) is 0 Å². The molecule has 0 aliphatic rings. The van der Waals surface area contributed by atoms with Gasteiger partial charge < -0.3 is 14.6 Å². The Labute approximate surface area is 127 Å². The summed E-state index contributed by atoms with van der Waals surface area (Å²) in [7, 11) is 0. The van der Waals surface area contributed by atoms with Crippen molar-refractivity contribution in [2.45, 2.75) is 33.2 Å². The van der Waals surface area contributed by atoms with Gasteiger partial charge in [-0.15, -0.1) is 0 Å². The maximum absolute atomic E-state index is 11.4. The number of benzene rings is 1. The van der Waals surface area contributed by atoms with Crippen molar-refractivity contribution in [1.82, 2.24) is 0 Å². The zero-order valence-electron chi connectivity index (χ0n) is 12.1. The Morgan fingerprint density at radius 3 is 2.50 bits per heavy atom. The fourth-order valence-corrected chi connectivity index (χ4v) is 2.20. The summed E-state index contributed by atoms with van der Waals surface area (Å²) in [4.78, 5) is 12.7. The molecule has 0 fully saturated rings. The largest absolute Gasteiger partial charge is 0.466 e. The lowest BCUT2D eigenvalue weighted by Gasteiger charge is -2.33. The molecule has 1 aromatic carbocycles. The Morgan fingerprint density at radius 2 is 2.05 bits per heavy atom. The van der Waals surface area contributed by atoms with Gasteiger partial charge in [-0.2, -0.15) is 0 Å². The molecule has 0 atom stereocenters. The van der Waals surface area contributed by atoms with Gasteiger partial charge in [0.05, 0.1) is 4.47 Å². The minimum atomic E-state index is -0.993. The van der Waals surface area contributed by atoms with Crippen LogP contribution in [0.4, 0.5) is 10.5 Å². The van der Waals surface area contributed by atoms with E-state index in [1.165, 1.54) is 4.90 Å². The highest BCUT2D eigenvalue weighted by molar-refractivity contribution is 9.10. The van der Waals surface area contributed by atoms with Crippen molar-refractivity contribution >= 4 is 27.7 Å². The van der Waals surface area contributed by atoms with Gasteiger partial charge in [-0.3, -0.25) is 4.90 Å². The van der Waals surface area contributed by atoms with E-state index < -0.39 is 11.6 Å². The lowest BCUT2D eigenvalue weighted by Crippen LogP contribution is -2.45. The maximum Gasteiger partial charge on any atom is 0.412 e. The molecule has 1 aromatic rings. The Hall–Kier alpha value is -1.27. The van der Waals surface area contributed by atoms with Gasteiger partial charge in [0.1, 0.15) is 5.75 Å². The van der Waals surface area contributed by atoms with Gasteiger partial charge in [0.15, 0.2) is 6.79 Å². The number of amides is 1. The monoisotopic (exact) mass is 345 g/mol. The standard InChI is InChI=1S/C14H20BrNO4/c1-5-19-9-20-12-7-6-10(8-11(12)15)16(13(17)18)14(2,3)4/h6-8H,5,9H2,1-4H3,(H,17,18). The van der Waals surface area contributed by atoms with E-state index in [2.05, 4.69) is 15.9 Å². The molecule has 0 aromatic heterocycles. The highest BCUT2D eigenvalue weighted by Gasteiger charge is 2.28. The smallest absolute Gasteiger partial charge is 0.412 e. The molecule has 0 heterocycles. The van der Waals surface area contributed by atoms with Crippen molar-refractivity contribution in [2.75, 3.05) is 18.3 Å². The first-order chi connectivity index (χ1) is 9.27. The van der Waals surface area contributed by atoms with Crippen LogP contribution in [-0.2, 0) is 4.74 Å². The number of hydrogen-bond acceptors (Lipinski definition) is 3. The van der Waals surface area contributed by atoms with Crippen molar-refractivity contribution in [3.63, 3.8) is 0 Å². The zero-order chi connectivity index (χ0) is 15.3. The van der Waals surface area contributed by atoms with Gasteiger partial charge in [-0.1, -0.05) is 0 Å². The third-order valence-corrected chi connectivity index (χ3v) is 3.16. The number of anilines is 1. The summed E-state index contributed by atoms with van der Waals surface area (Å²) >= 11 is 3.38. The Morgan fingerprint density at radius 1 is 1.40 bits per heavy atom. The van der Waals surface area contributed by atoms with Crippen LogP contribution >= 0.6 is 15.9 Å². The molecule has 1 amide bonds. The van der Waals surface area contributed by atoms with E-state index in [1.807, 2.05) is 27.7 Å². The number of halogens is 1. The lowest BCUT2D eigenvalue weighted by molar-refractivity contribution is 0.0219. The first-order valence-corrected chi connectivity index (χ1v) is 7.10. The molecule has 6 heteroatoms. The SMILES string of the molecule is CCOCOc1ccc(N(C(=O)O)C(C)(C)C)cc1Br. The lowest BCUT2D eigenvalue weighted by atomic mass is 10.1. The molecule has 0 saturated carbocycles. The van der Waals surface area contributed by atoms with Crippen LogP contribution in [0, 0.1) is 0 Å². The summed E-state index contributed by atoms with van der Waals surface area (Å²) in [5.74, 6) is 0.612. The number of carbonyl (C=O) groups is 1. The molecule has 1 N–H and O–H groups in total. The van der Waals surface area contributed by atoms with Crippen molar-refractivity contribution < 1.29 is 19.4 Å². The van der Waals surface area contributed by atoms with E-state index in [1.54, 1.807) is 18.2 Å². The second-order valence-corrected chi connectivity index (χ2v) is 6.01. The van der Waals surface area contributed by atoms with Crippen LogP contribution in [0.3, 0.4) is 0 Å². The van der Waals surface area contributed by atoms with Crippen LogP contribution in [0.15, 0.2) is 22.7 Å². The summed E-state index contributed by atoms with van der Waals surface area (Å²) in [6.07, 6.45) is -0.993. The predicted octanol–water partition coefficient (Wildman–Crippen LogP) is 4.10. The Balaban J connectivity index is 2.98. The second-order valence-electron chi connectivity index (χ2n) is 5.16. The van der Waals surface area contributed by atoms with Crippen LogP contribution in [0.2, 0.25) is 0 Å². The normalized spacial score (nSPS) is 11.2. The Kier molecular flexibility index (Phi) is 5.83. The molecular formula is C14H20BrNO4. The highest BCUT2D eigenvalue weighted by atomic mass is 79.9. The van der Waals surface area contributed by atoms with Crippen molar-refractivity contribution in [2.24, 2.45) is 0 Å². The molecule has 20 heavy (non-hydrogen) atoms. The van der Waals surface area contributed by atoms with Crippen LogP contribution < -0.4 is 9.64 Å². The Bertz CT molecular complexity index is 471. The molecule has 0 saturated heterocycles. The van der Waals surface area contributed by atoms with Crippen LogP contribution in [0.1, 0.15) is 27.7 Å². The second kappa shape index (κ2) is 6.95. The van der Waals surface area contributed by atoms with Gasteiger partial charge in [0.2, 0.25) is 0 Å². The number of ether oxygens (including phenoxy) is 2. The van der Waals surface area contributed by atoms with Crippen LogP contribution in [-0.4, -0.2) is 30.1 Å². The predicted molar refractivity (Wildman–Crippen MR) is 81.5 cm³/mol. The van der Waals surface area contributed by atoms with E-state index >= 15 is 0 Å². The van der Waals surface area contributed by atoms with E-state index in [0.29, 0.717) is 22.5 Å². The molecule has 0 radical (unpaired) electrons. The zero-order valence-corrected chi connectivity index (χ0v) is 13.7. The first-order valence-electron chi connectivity index (χ1n) is 6.30. The fourth-order valence-electron chi connectivity index (χ4n) is 1.72. The van der Waals surface area contributed by atoms with E-state index in [4.69, 9.17) is 9.47 Å². The highest BCUT2D eigenvalue weighted by Crippen LogP contribution is 2.32. The van der Waals surface area contributed by atoms with Crippen LogP contribution in [0.25, 0.3) is 0 Å². The first kappa shape index (κ1) is 16.8. The molecule has 0 unspecified atom stereocenters. The summed E-state index contributed by atoms with van der Waals surface area (Å²) in [5.41, 5.74) is 0.0551. The van der Waals surface area contributed by atoms with E-state index in [0.717, 1.165) is 0 Å². The average Bonchev–Trinajstić information content (AvgIpc) is 2.29. The van der Waals surface area contributed by atoms with Gasteiger partial charge in [0.25, 0.3) is 0 Å². The molecule has 0 spiro atoms.